The van der Waals surface area contributed by atoms with E-state index in [4.69, 9.17) is 21.1 Å². The molecule has 27 heavy (non-hydrogen) atoms. The number of hydrogen-bond donors (Lipinski definition) is 0. The molecule has 2 aromatic rings. The highest BCUT2D eigenvalue weighted by Crippen LogP contribution is 2.36. The van der Waals surface area contributed by atoms with Crippen LogP contribution in [0.3, 0.4) is 0 Å². The third kappa shape index (κ3) is 4.51. The average Bonchev–Trinajstić information content (AvgIpc) is 2.87. The molecule has 1 aliphatic heterocycles. The number of benzene rings is 2. The summed E-state index contributed by atoms with van der Waals surface area (Å²) in [6.07, 6.45) is 1.56. The second-order valence-electron chi connectivity index (χ2n) is 7.12. The van der Waals surface area contributed by atoms with Gasteiger partial charge >= 0.3 is 5.97 Å². The first-order valence-corrected chi connectivity index (χ1v) is 10.2. The van der Waals surface area contributed by atoms with Crippen molar-refractivity contribution in [3.8, 4) is 16.9 Å². The first-order chi connectivity index (χ1) is 12.5. The minimum absolute atomic E-state index is 0.234. The molecule has 0 atom stereocenters. The largest absolute Gasteiger partial charge is 0.481 e. The first kappa shape index (κ1) is 19.5. The summed E-state index contributed by atoms with van der Waals surface area (Å²) in [5.41, 5.74) is 1.25. The molecule has 0 saturated carbocycles. The van der Waals surface area contributed by atoms with Crippen LogP contribution in [0.2, 0.25) is 5.02 Å². The standard InChI is InChI=1S/C20H19ClO5S/c1-20(2,3)26-19(22)12-25-17-7-6-15(21)11-16(17)14-5-4-13-8-9-27(23,24)18(13)10-14/h4-11H,12H2,1-3H3. The molecule has 0 bridgehead atoms. The van der Waals surface area contributed by atoms with E-state index in [1.54, 1.807) is 63.2 Å². The molecular weight excluding hydrogens is 388 g/mol. The van der Waals surface area contributed by atoms with Gasteiger partial charge in [0.05, 0.1) is 4.90 Å². The number of carbonyl (C=O) groups excluding carboxylic acids is 1. The maximum Gasteiger partial charge on any atom is 0.344 e. The topological polar surface area (TPSA) is 69.7 Å². The lowest BCUT2D eigenvalue weighted by atomic mass is 10.0. The van der Waals surface area contributed by atoms with Crippen LogP contribution in [0.1, 0.15) is 26.3 Å². The van der Waals surface area contributed by atoms with E-state index in [-0.39, 0.29) is 11.5 Å². The number of esters is 1. The van der Waals surface area contributed by atoms with Gasteiger partial charge < -0.3 is 9.47 Å². The first-order valence-electron chi connectivity index (χ1n) is 8.27. The lowest BCUT2D eigenvalue weighted by molar-refractivity contribution is -0.157. The fourth-order valence-corrected chi connectivity index (χ4v) is 4.08. The molecule has 142 valence electrons. The van der Waals surface area contributed by atoms with Crippen molar-refractivity contribution in [2.75, 3.05) is 6.61 Å². The van der Waals surface area contributed by atoms with Gasteiger partial charge in [0.2, 0.25) is 0 Å². The highest BCUT2D eigenvalue weighted by Gasteiger charge is 2.22. The van der Waals surface area contributed by atoms with Crippen LogP contribution in [0.15, 0.2) is 46.7 Å². The third-order valence-electron chi connectivity index (χ3n) is 3.77. The summed E-state index contributed by atoms with van der Waals surface area (Å²) in [6.45, 7) is 5.06. The van der Waals surface area contributed by atoms with Gasteiger partial charge in [-0.3, -0.25) is 0 Å². The second kappa shape index (κ2) is 7.02. The summed E-state index contributed by atoms with van der Waals surface area (Å²) in [4.78, 5) is 12.2. The van der Waals surface area contributed by atoms with E-state index in [0.717, 1.165) is 0 Å². The van der Waals surface area contributed by atoms with Crippen molar-refractivity contribution in [3.05, 3.63) is 52.4 Å². The maximum atomic E-state index is 12.1. The van der Waals surface area contributed by atoms with Crippen molar-refractivity contribution >= 4 is 33.5 Å². The molecule has 0 spiro atoms. The highest BCUT2D eigenvalue weighted by molar-refractivity contribution is 7.94. The quantitative estimate of drug-likeness (QED) is 0.700. The molecule has 1 aliphatic rings. The Balaban J connectivity index is 1.91. The molecule has 7 heteroatoms. The van der Waals surface area contributed by atoms with Gasteiger partial charge in [-0.25, -0.2) is 13.2 Å². The highest BCUT2D eigenvalue weighted by atomic mass is 35.5. The van der Waals surface area contributed by atoms with Gasteiger partial charge in [0, 0.05) is 16.0 Å². The third-order valence-corrected chi connectivity index (χ3v) is 5.46. The van der Waals surface area contributed by atoms with Crippen LogP contribution < -0.4 is 4.74 Å². The Morgan fingerprint density at radius 2 is 1.85 bits per heavy atom. The fourth-order valence-electron chi connectivity index (χ4n) is 2.68. The Bertz CT molecular complexity index is 1030. The monoisotopic (exact) mass is 406 g/mol. The number of carbonyl (C=O) groups is 1. The smallest absolute Gasteiger partial charge is 0.344 e. The Hall–Kier alpha value is -2.31. The summed E-state index contributed by atoms with van der Waals surface area (Å²) in [5, 5.41) is 1.65. The van der Waals surface area contributed by atoms with Gasteiger partial charge in [0.15, 0.2) is 16.4 Å². The Labute approximate surface area is 163 Å². The number of halogens is 1. The minimum Gasteiger partial charge on any atom is -0.481 e. The molecule has 0 fully saturated rings. The van der Waals surface area contributed by atoms with Crippen molar-refractivity contribution in [2.24, 2.45) is 0 Å². The van der Waals surface area contributed by atoms with Crippen LogP contribution >= 0.6 is 11.6 Å². The molecule has 0 amide bonds. The number of fused-ring (bicyclic) bond motifs is 1. The van der Waals surface area contributed by atoms with Crippen molar-refractivity contribution in [2.45, 2.75) is 31.3 Å². The van der Waals surface area contributed by atoms with Crippen LogP contribution in [-0.4, -0.2) is 26.6 Å². The van der Waals surface area contributed by atoms with Crippen molar-refractivity contribution < 1.29 is 22.7 Å². The molecule has 0 N–H and O–H groups in total. The number of rotatable bonds is 4. The van der Waals surface area contributed by atoms with Gasteiger partial charge in [0.25, 0.3) is 0 Å². The summed E-state index contributed by atoms with van der Waals surface area (Å²) >= 11 is 6.11. The Morgan fingerprint density at radius 3 is 2.56 bits per heavy atom. The van der Waals surface area contributed by atoms with Gasteiger partial charge in [-0.05, 0) is 62.2 Å². The zero-order valence-corrected chi connectivity index (χ0v) is 16.7. The SMILES string of the molecule is CC(C)(C)OC(=O)COc1ccc(Cl)cc1-c1ccc2c(c1)S(=O)(=O)C=C2. The zero-order chi connectivity index (χ0) is 19.8. The normalized spacial score (nSPS) is 14.7. The molecule has 1 heterocycles. The number of sulfone groups is 1. The summed E-state index contributed by atoms with van der Waals surface area (Å²) in [5.74, 6) is -0.0855. The summed E-state index contributed by atoms with van der Waals surface area (Å²) in [6, 6.07) is 10.0. The molecule has 3 rings (SSSR count). The average molecular weight is 407 g/mol. The van der Waals surface area contributed by atoms with E-state index in [0.29, 0.717) is 27.5 Å². The van der Waals surface area contributed by atoms with E-state index >= 15 is 0 Å². The van der Waals surface area contributed by atoms with Crippen LogP contribution in [0.25, 0.3) is 17.2 Å². The minimum atomic E-state index is -3.43. The summed E-state index contributed by atoms with van der Waals surface area (Å²) in [7, 11) is -3.43. The van der Waals surface area contributed by atoms with Gasteiger partial charge in [0.1, 0.15) is 11.4 Å². The summed E-state index contributed by atoms with van der Waals surface area (Å²) < 4.78 is 35.1. The maximum absolute atomic E-state index is 12.1. The lowest BCUT2D eigenvalue weighted by Gasteiger charge is -2.20. The molecule has 2 aromatic carbocycles. The Morgan fingerprint density at radius 1 is 1.11 bits per heavy atom. The zero-order valence-electron chi connectivity index (χ0n) is 15.2. The number of ether oxygens (including phenoxy) is 2. The van der Waals surface area contributed by atoms with Crippen LogP contribution in [0.4, 0.5) is 0 Å². The molecule has 0 radical (unpaired) electrons. The van der Waals surface area contributed by atoms with Gasteiger partial charge in [-0.15, -0.1) is 0 Å². The number of hydrogen-bond acceptors (Lipinski definition) is 5. The molecule has 5 nitrogen and oxygen atoms in total. The Kier molecular flexibility index (Phi) is 5.06. The molecule has 0 aromatic heterocycles. The van der Waals surface area contributed by atoms with Crippen molar-refractivity contribution in [1.82, 2.24) is 0 Å². The second-order valence-corrected chi connectivity index (χ2v) is 9.35. The van der Waals surface area contributed by atoms with E-state index in [9.17, 15) is 13.2 Å². The molecular formula is C20H19ClO5S. The predicted molar refractivity (Wildman–Crippen MR) is 104 cm³/mol. The van der Waals surface area contributed by atoms with Gasteiger partial charge in [-0.2, -0.15) is 0 Å². The van der Waals surface area contributed by atoms with E-state index in [1.165, 1.54) is 5.41 Å². The van der Waals surface area contributed by atoms with Crippen LogP contribution in [-0.2, 0) is 19.4 Å². The van der Waals surface area contributed by atoms with Gasteiger partial charge in [-0.1, -0.05) is 23.7 Å². The van der Waals surface area contributed by atoms with Crippen LogP contribution in [0.5, 0.6) is 5.75 Å². The molecule has 0 saturated heterocycles. The van der Waals surface area contributed by atoms with Crippen molar-refractivity contribution in [1.29, 1.82) is 0 Å². The lowest BCUT2D eigenvalue weighted by Crippen LogP contribution is -2.27. The fraction of sp³-hybridized carbons (Fsp3) is 0.250. The van der Waals surface area contributed by atoms with E-state index in [2.05, 4.69) is 0 Å². The predicted octanol–water partition coefficient (Wildman–Crippen LogP) is 4.49. The van der Waals surface area contributed by atoms with Crippen LogP contribution in [0, 0.1) is 0 Å². The molecule has 0 aliphatic carbocycles. The van der Waals surface area contributed by atoms with E-state index < -0.39 is 21.4 Å². The van der Waals surface area contributed by atoms with E-state index in [1.807, 2.05) is 0 Å². The molecule has 0 unspecified atom stereocenters. The van der Waals surface area contributed by atoms with Crippen molar-refractivity contribution in [3.63, 3.8) is 0 Å².